The molecule has 0 radical (unpaired) electrons. The van der Waals surface area contributed by atoms with Crippen molar-refractivity contribution in [3.63, 3.8) is 0 Å². The maximum absolute atomic E-state index is 10.9. The number of carbonyl (C=O) groups excluding carboxylic acids is 1. The second kappa shape index (κ2) is 13.8. The van der Waals surface area contributed by atoms with E-state index < -0.39 is 0 Å². The molecule has 0 amide bonds. The zero-order valence-corrected chi connectivity index (χ0v) is 15.3. The number of imidazole rings is 1. The highest BCUT2D eigenvalue weighted by molar-refractivity contribution is 5.81. The van der Waals surface area contributed by atoms with Gasteiger partial charge in [0, 0.05) is 31.4 Å². The number of hydrogen-bond acceptors (Lipinski definition) is 3. The van der Waals surface area contributed by atoms with Crippen LogP contribution in [0.3, 0.4) is 0 Å². The van der Waals surface area contributed by atoms with Crippen LogP contribution >= 0.6 is 0 Å². The molecule has 4 nitrogen and oxygen atoms in total. The normalized spacial score (nSPS) is 10.7. The lowest BCUT2D eigenvalue weighted by Crippen LogP contribution is -2.03. The zero-order chi connectivity index (χ0) is 17.5. The van der Waals surface area contributed by atoms with Gasteiger partial charge in [-0.05, 0) is 19.3 Å². The van der Waals surface area contributed by atoms with Crippen molar-refractivity contribution in [2.75, 3.05) is 6.61 Å². The van der Waals surface area contributed by atoms with Gasteiger partial charge in [0.1, 0.15) is 5.82 Å². The number of unbranched alkanes of at least 4 members (excludes halogenated alkanes) is 8. The molecule has 0 N–H and O–H groups in total. The number of aromatic nitrogens is 2. The average molecular weight is 335 g/mol. The molecular weight excluding hydrogens is 300 g/mol. The van der Waals surface area contributed by atoms with Crippen molar-refractivity contribution in [3.8, 4) is 0 Å². The first kappa shape index (κ1) is 20.5. The Balaban J connectivity index is 1.86. The Morgan fingerprint density at radius 3 is 2.38 bits per heavy atom. The predicted molar refractivity (Wildman–Crippen MR) is 98.9 cm³/mol. The van der Waals surface area contributed by atoms with Gasteiger partial charge in [0.05, 0.1) is 6.61 Å². The molecule has 4 heteroatoms. The summed E-state index contributed by atoms with van der Waals surface area (Å²) in [5.74, 6) is 0.920. The number of carbonyl (C=O) groups is 1. The quantitative estimate of drug-likeness (QED) is 0.255. The molecule has 1 heterocycles. The first-order valence-electron chi connectivity index (χ1n) is 9.57. The van der Waals surface area contributed by atoms with Crippen LogP contribution in [0.2, 0.25) is 0 Å². The number of esters is 1. The molecule has 1 rings (SSSR count). The van der Waals surface area contributed by atoms with Crippen LogP contribution in [0.15, 0.2) is 25.0 Å². The third-order valence-electron chi connectivity index (χ3n) is 4.23. The number of ether oxygens (including phenoxy) is 1. The minimum Gasteiger partial charge on any atom is -0.463 e. The summed E-state index contributed by atoms with van der Waals surface area (Å²) in [6.45, 7) is 7.22. The summed E-state index contributed by atoms with van der Waals surface area (Å²) in [5, 5.41) is 0. The third-order valence-corrected chi connectivity index (χ3v) is 4.23. The lowest BCUT2D eigenvalue weighted by Gasteiger charge is -2.07. The molecule has 136 valence electrons. The van der Waals surface area contributed by atoms with Crippen LogP contribution in [0.1, 0.15) is 77.0 Å². The highest BCUT2D eigenvalue weighted by atomic mass is 16.5. The van der Waals surface area contributed by atoms with Crippen LogP contribution in [-0.2, 0) is 22.5 Å². The second-order valence-corrected chi connectivity index (χ2v) is 6.34. The average Bonchev–Trinajstić information content (AvgIpc) is 3.03. The molecule has 0 aromatic carbocycles. The SMILES string of the molecule is C=CC(=O)OCCCCCCCCCCCn1ccnc1CCC. The zero-order valence-electron chi connectivity index (χ0n) is 15.3. The van der Waals surface area contributed by atoms with Gasteiger partial charge in [-0.1, -0.05) is 58.4 Å². The molecule has 0 aliphatic carbocycles. The van der Waals surface area contributed by atoms with Crippen molar-refractivity contribution >= 4 is 5.97 Å². The van der Waals surface area contributed by atoms with Crippen molar-refractivity contribution in [2.24, 2.45) is 0 Å². The molecular formula is C20H34N2O2. The molecule has 0 aliphatic rings. The summed E-state index contributed by atoms with van der Waals surface area (Å²) in [4.78, 5) is 15.3. The van der Waals surface area contributed by atoms with Gasteiger partial charge in [-0.2, -0.15) is 0 Å². The van der Waals surface area contributed by atoms with Gasteiger partial charge in [-0.3, -0.25) is 0 Å². The van der Waals surface area contributed by atoms with E-state index in [-0.39, 0.29) is 5.97 Å². The Morgan fingerprint density at radius 1 is 1.12 bits per heavy atom. The topological polar surface area (TPSA) is 44.1 Å². The van der Waals surface area contributed by atoms with Crippen LogP contribution in [0.5, 0.6) is 0 Å². The molecule has 0 saturated carbocycles. The fraction of sp³-hybridized carbons (Fsp3) is 0.700. The van der Waals surface area contributed by atoms with Gasteiger partial charge in [-0.25, -0.2) is 9.78 Å². The maximum Gasteiger partial charge on any atom is 0.330 e. The highest BCUT2D eigenvalue weighted by Gasteiger charge is 2.01. The largest absolute Gasteiger partial charge is 0.463 e. The maximum atomic E-state index is 10.9. The van der Waals surface area contributed by atoms with Gasteiger partial charge >= 0.3 is 5.97 Å². The van der Waals surface area contributed by atoms with E-state index in [9.17, 15) is 4.79 Å². The Kier molecular flexibility index (Phi) is 11.8. The van der Waals surface area contributed by atoms with Gasteiger partial charge < -0.3 is 9.30 Å². The van der Waals surface area contributed by atoms with Crippen molar-refractivity contribution in [1.82, 2.24) is 9.55 Å². The minimum atomic E-state index is -0.312. The van der Waals surface area contributed by atoms with E-state index in [4.69, 9.17) is 4.74 Å². The Labute approximate surface area is 147 Å². The van der Waals surface area contributed by atoms with E-state index >= 15 is 0 Å². The van der Waals surface area contributed by atoms with Crippen LogP contribution in [0, 0.1) is 0 Å². The van der Waals surface area contributed by atoms with E-state index in [1.807, 2.05) is 6.20 Å². The third kappa shape index (κ3) is 9.53. The fourth-order valence-corrected chi connectivity index (χ4v) is 2.85. The molecule has 0 saturated heterocycles. The van der Waals surface area contributed by atoms with Crippen LogP contribution in [-0.4, -0.2) is 22.1 Å². The van der Waals surface area contributed by atoms with Gasteiger partial charge in [-0.15, -0.1) is 0 Å². The van der Waals surface area contributed by atoms with E-state index in [0.717, 1.165) is 32.2 Å². The minimum absolute atomic E-state index is 0.312. The summed E-state index contributed by atoms with van der Waals surface area (Å²) in [6.07, 6.45) is 18.7. The Hall–Kier alpha value is -1.58. The monoisotopic (exact) mass is 334 g/mol. The predicted octanol–water partition coefficient (Wildman–Crippen LogP) is 5.08. The molecule has 0 fully saturated rings. The summed E-state index contributed by atoms with van der Waals surface area (Å²) in [5.41, 5.74) is 0. The van der Waals surface area contributed by atoms with E-state index in [2.05, 4.69) is 29.3 Å². The Morgan fingerprint density at radius 2 is 1.75 bits per heavy atom. The van der Waals surface area contributed by atoms with Crippen molar-refractivity contribution in [2.45, 2.75) is 84.1 Å². The Bertz CT molecular complexity index is 454. The summed E-state index contributed by atoms with van der Waals surface area (Å²) >= 11 is 0. The van der Waals surface area contributed by atoms with Gasteiger partial charge in [0.25, 0.3) is 0 Å². The molecule has 1 aromatic rings. The molecule has 0 aliphatic heterocycles. The van der Waals surface area contributed by atoms with Crippen molar-refractivity contribution < 1.29 is 9.53 Å². The van der Waals surface area contributed by atoms with E-state index in [0.29, 0.717) is 6.61 Å². The summed E-state index contributed by atoms with van der Waals surface area (Å²) in [6, 6.07) is 0. The summed E-state index contributed by atoms with van der Waals surface area (Å²) < 4.78 is 7.26. The standard InChI is InChI=1S/C20H34N2O2/c1-3-14-19-21-15-17-22(19)16-12-10-8-6-5-7-9-11-13-18-24-20(23)4-2/h4,15,17H,2-3,5-14,16,18H2,1H3. The van der Waals surface area contributed by atoms with Crippen LogP contribution in [0.25, 0.3) is 0 Å². The first-order chi connectivity index (χ1) is 11.8. The fourth-order valence-electron chi connectivity index (χ4n) is 2.85. The van der Waals surface area contributed by atoms with Crippen LogP contribution < -0.4 is 0 Å². The molecule has 0 unspecified atom stereocenters. The lowest BCUT2D eigenvalue weighted by molar-refractivity contribution is -0.137. The number of rotatable bonds is 15. The molecule has 24 heavy (non-hydrogen) atoms. The summed E-state index contributed by atoms with van der Waals surface area (Å²) in [7, 11) is 0. The highest BCUT2D eigenvalue weighted by Crippen LogP contribution is 2.11. The molecule has 1 aromatic heterocycles. The van der Waals surface area contributed by atoms with Gasteiger partial charge in [0.15, 0.2) is 0 Å². The number of nitrogens with zero attached hydrogens (tertiary/aromatic N) is 2. The number of aryl methyl sites for hydroxylation is 2. The van der Waals surface area contributed by atoms with Crippen molar-refractivity contribution in [3.05, 3.63) is 30.9 Å². The smallest absolute Gasteiger partial charge is 0.330 e. The molecule has 0 spiro atoms. The molecule has 0 bridgehead atoms. The first-order valence-corrected chi connectivity index (χ1v) is 9.57. The van der Waals surface area contributed by atoms with Gasteiger partial charge in [0.2, 0.25) is 0 Å². The molecule has 0 atom stereocenters. The lowest BCUT2D eigenvalue weighted by atomic mass is 10.1. The van der Waals surface area contributed by atoms with E-state index in [1.54, 1.807) is 0 Å². The second-order valence-electron chi connectivity index (χ2n) is 6.34. The van der Waals surface area contributed by atoms with Crippen molar-refractivity contribution in [1.29, 1.82) is 0 Å². The van der Waals surface area contributed by atoms with Crippen LogP contribution in [0.4, 0.5) is 0 Å². The number of hydrogen-bond donors (Lipinski definition) is 0. The van der Waals surface area contributed by atoms with E-state index in [1.165, 1.54) is 56.8 Å².